The fraction of sp³-hybridized carbons (Fsp3) is 0.0870. The van der Waals surface area contributed by atoms with E-state index in [1.165, 1.54) is 11.7 Å². The van der Waals surface area contributed by atoms with Crippen LogP contribution in [0.25, 0.3) is 16.6 Å². The van der Waals surface area contributed by atoms with Crippen LogP contribution in [0.2, 0.25) is 10.0 Å². The van der Waals surface area contributed by atoms with E-state index >= 15 is 0 Å². The highest BCUT2D eigenvalue weighted by atomic mass is 35.5. The molecule has 1 heterocycles. The highest BCUT2D eigenvalue weighted by Crippen LogP contribution is 2.30. The SMILES string of the molecule is COc1ccccc1-n1c(SCC(=O)Nc2cccc(Cl)c2Cl)nc2ccccc2c1=O. The first-order valence-corrected chi connectivity index (χ1v) is 11.3. The Bertz CT molecular complexity index is 1370. The van der Waals surface area contributed by atoms with E-state index in [9.17, 15) is 9.59 Å². The number of halogens is 2. The number of hydrogen-bond acceptors (Lipinski definition) is 5. The number of benzene rings is 3. The molecule has 0 unspecified atom stereocenters. The van der Waals surface area contributed by atoms with Crippen molar-refractivity contribution in [2.24, 2.45) is 0 Å². The number of methoxy groups -OCH3 is 1. The molecule has 0 saturated carbocycles. The smallest absolute Gasteiger partial charge is 0.266 e. The average molecular weight is 486 g/mol. The number of fused-ring (bicyclic) bond motifs is 1. The van der Waals surface area contributed by atoms with Crippen molar-refractivity contribution in [2.75, 3.05) is 18.2 Å². The predicted molar refractivity (Wildman–Crippen MR) is 130 cm³/mol. The molecule has 0 aliphatic carbocycles. The second kappa shape index (κ2) is 9.65. The maximum absolute atomic E-state index is 13.4. The zero-order valence-electron chi connectivity index (χ0n) is 16.8. The maximum Gasteiger partial charge on any atom is 0.266 e. The van der Waals surface area contributed by atoms with Gasteiger partial charge in [0, 0.05) is 0 Å². The number of thioether (sulfide) groups is 1. The minimum Gasteiger partial charge on any atom is -0.495 e. The molecule has 6 nitrogen and oxygen atoms in total. The number of amides is 1. The standard InChI is InChI=1S/C23H17Cl2N3O3S/c1-31-19-12-5-4-11-18(19)28-22(30)14-7-2-3-9-16(14)27-23(28)32-13-20(29)26-17-10-6-8-15(24)21(17)25/h2-12H,13H2,1H3,(H,26,29). The van der Waals surface area contributed by atoms with Crippen molar-refractivity contribution < 1.29 is 9.53 Å². The number of nitrogens with one attached hydrogen (secondary N) is 1. The molecule has 0 bridgehead atoms. The van der Waals surface area contributed by atoms with E-state index in [4.69, 9.17) is 27.9 Å². The molecule has 9 heteroatoms. The highest BCUT2D eigenvalue weighted by molar-refractivity contribution is 7.99. The van der Waals surface area contributed by atoms with Crippen LogP contribution in [0.15, 0.2) is 76.7 Å². The summed E-state index contributed by atoms with van der Waals surface area (Å²) >= 11 is 13.3. The molecule has 0 fully saturated rings. The quantitative estimate of drug-likeness (QED) is 0.291. The Morgan fingerprint density at radius 3 is 2.62 bits per heavy atom. The predicted octanol–water partition coefficient (Wildman–Crippen LogP) is 5.43. The van der Waals surface area contributed by atoms with Crippen LogP contribution >= 0.6 is 35.0 Å². The lowest BCUT2D eigenvalue weighted by Gasteiger charge is -2.15. The van der Waals surface area contributed by atoms with Gasteiger partial charge in [0.1, 0.15) is 5.75 Å². The minimum atomic E-state index is -0.312. The van der Waals surface area contributed by atoms with E-state index in [0.717, 1.165) is 11.8 Å². The third-order valence-electron chi connectivity index (χ3n) is 4.63. The zero-order valence-corrected chi connectivity index (χ0v) is 19.2. The Kier molecular flexibility index (Phi) is 6.69. The summed E-state index contributed by atoms with van der Waals surface area (Å²) in [4.78, 5) is 30.6. The van der Waals surface area contributed by atoms with E-state index in [1.807, 2.05) is 18.2 Å². The monoisotopic (exact) mass is 485 g/mol. The van der Waals surface area contributed by atoms with Gasteiger partial charge in [-0.2, -0.15) is 0 Å². The van der Waals surface area contributed by atoms with Crippen molar-refractivity contribution in [1.29, 1.82) is 0 Å². The molecule has 0 saturated heterocycles. The van der Waals surface area contributed by atoms with E-state index in [1.54, 1.807) is 48.5 Å². The summed E-state index contributed by atoms with van der Waals surface area (Å²) < 4.78 is 6.91. The number of rotatable bonds is 6. The molecule has 0 aliphatic heterocycles. The van der Waals surface area contributed by atoms with Crippen LogP contribution in [0, 0.1) is 0 Å². The van der Waals surface area contributed by atoms with Crippen LogP contribution in [0.1, 0.15) is 0 Å². The van der Waals surface area contributed by atoms with E-state index in [2.05, 4.69) is 10.3 Å². The van der Waals surface area contributed by atoms with Gasteiger partial charge in [-0.25, -0.2) is 4.98 Å². The largest absolute Gasteiger partial charge is 0.495 e. The van der Waals surface area contributed by atoms with Crippen LogP contribution < -0.4 is 15.6 Å². The summed E-state index contributed by atoms with van der Waals surface area (Å²) in [6.45, 7) is 0. The fourth-order valence-electron chi connectivity index (χ4n) is 3.15. The Labute approximate surface area is 198 Å². The summed E-state index contributed by atoms with van der Waals surface area (Å²) in [7, 11) is 1.54. The number of hydrogen-bond donors (Lipinski definition) is 1. The van der Waals surface area contributed by atoms with E-state index in [0.29, 0.717) is 38.2 Å². The third kappa shape index (κ3) is 4.46. The van der Waals surface area contributed by atoms with Gasteiger partial charge in [-0.15, -0.1) is 0 Å². The summed E-state index contributed by atoms with van der Waals surface area (Å²) in [6, 6.07) is 19.2. The average Bonchev–Trinajstić information content (AvgIpc) is 2.81. The first kappa shape index (κ1) is 22.2. The van der Waals surface area contributed by atoms with Crippen molar-refractivity contribution in [1.82, 2.24) is 9.55 Å². The second-order valence-corrected chi connectivity index (χ2v) is 8.39. The molecule has 162 valence electrons. The van der Waals surface area contributed by atoms with Crippen molar-refractivity contribution in [3.8, 4) is 11.4 Å². The number of nitrogens with zero attached hydrogens (tertiary/aromatic N) is 2. The van der Waals surface area contributed by atoms with Crippen LogP contribution in [0.3, 0.4) is 0 Å². The van der Waals surface area contributed by atoms with Crippen LogP contribution in [0.5, 0.6) is 5.75 Å². The van der Waals surface area contributed by atoms with Crippen molar-refractivity contribution >= 4 is 57.5 Å². The van der Waals surface area contributed by atoms with Gasteiger partial charge in [0.05, 0.1) is 45.2 Å². The summed E-state index contributed by atoms with van der Waals surface area (Å²) in [6.07, 6.45) is 0. The molecule has 1 N–H and O–H groups in total. The Hall–Kier alpha value is -3.00. The molecule has 0 aliphatic rings. The molecule has 0 radical (unpaired) electrons. The molecule has 1 amide bonds. The van der Waals surface area contributed by atoms with Crippen LogP contribution in [-0.2, 0) is 4.79 Å². The number of aromatic nitrogens is 2. The third-order valence-corrected chi connectivity index (χ3v) is 6.39. The van der Waals surface area contributed by atoms with E-state index in [-0.39, 0.29) is 22.2 Å². The van der Waals surface area contributed by atoms with Gasteiger partial charge in [0.2, 0.25) is 5.91 Å². The maximum atomic E-state index is 13.4. The Morgan fingerprint density at radius 2 is 1.81 bits per heavy atom. The van der Waals surface area contributed by atoms with Crippen molar-refractivity contribution in [3.05, 3.63) is 87.1 Å². The molecule has 0 spiro atoms. The molecule has 4 rings (SSSR count). The molecule has 3 aromatic carbocycles. The lowest BCUT2D eigenvalue weighted by Crippen LogP contribution is -2.23. The van der Waals surface area contributed by atoms with E-state index < -0.39 is 0 Å². The number of carbonyl (C=O) groups is 1. The topological polar surface area (TPSA) is 73.2 Å². The number of carbonyl (C=O) groups excluding carboxylic acids is 1. The molecule has 32 heavy (non-hydrogen) atoms. The first-order valence-electron chi connectivity index (χ1n) is 9.51. The molecule has 0 atom stereocenters. The minimum absolute atomic E-state index is 0.00275. The molecule has 4 aromatic rings. The summed E-state index contributed by atoms with van der Waals surface area (Å²) in [5, 5.41) is 4.19. The van der Waals surface area contributed by atoms with Gasteiger partial charge in [0.15, 0.2) is 5.16 Å². The van der Waals surface area contributed by atoms with Gasteiger partial charge in [0.25, 0.3) is 5.56 Å². The van der Waals surface area contributed by atoms with Gasteiger partial charge in [-0.3, -0.25) is 14.2 Å². The van der Waals surface area contributed by atoms with Crippen LogP contribution in [0.4, 0.5) is 5.69 Å². The molecular formula is C23H17Cl2N3O3S. The zero-order chi connectivity index (χ0) is 22.7. The normalized spacial score (nSPS) is 10.8. The lowest BCUT2D eigenvalue weighted by atomic mass is 10.2. The number of anilines is 1. The summed E-state index contributed by atoms with van der Waals surface area (Å²) in [5.41, 5.74) is 1.25. The first-order chi connectivity index (χ1) is 15.5. The van der Waals surface area contributed by atoms with Crippen molar-refractivity contribution in [2.45, 2.75) is 5.16 Å². The van der Waals surface area contributed by atoms with Crippen molar-refractivity contribution in [3.63, 3.8) is 0 Å². The van der Waals surface area contributed by atoms with Crippen LogP contribution in [-0.4, -0.2) is 28.3 Å². The number of para-hydroxylation sites is 3. The van der Waals surface area contributed by atoms with Gasteiger partial charge in [-0.05, 0) is 36.4 Å². The lowest BCUT2D eigenvalue weighted by molar-refractivity contribution is -0.113. The fourth-order valence-corrected chi connectivity index (χ4v) is 4.31. The van der Waals surface area contributed by atoms with Gasteiger partial charge in [-0.1, -0.05) is 65.3 Å². The second-order valence-electron chi connectivity index (χ2n) is 6.66. The van der Waals surface area contributed by atoms with Gasteiger partial charge < -0.3 is 10.1 Å². The Morgan fingerprint density at radius 1 is 1.06 bits per heavy atom. The summed E-state index contributed by atoms with van der Waals surface area (Å²) in [5.74, 6) is 0.208. The number of ether oxygens (including phenoxy) is 1. The molecule has 1 aromatic heterocycles. The molecular weight excluding hydrogens is 469 g/mol. The highest BCUT2D eigenvalue weighted by Gasteiger charge is 2.17. The van der Waals surface area contributed by atoms with Gasteiger partial charge >= 0.3 is 0 Å². The Balaban J connectivity index is 1.71.